The van der Waals surface area contributed by atoms with Crippen LogP contribution < -0.4 is 10.6 Å². The van der Waals surface area contributed by atoms with E-state index in [4.69, 9.17) is 9.47 Å². The van der Waals surface area contributed by atoms with E-state index in [0.717, 1.165) is 21.7 Å². The fraction of sp³-hybridized carbons (Fsp3) is 0.429. The van der Waals surface area contributed by atoms with E-state index in [1.54, 1.807) is 0 Å². The van der Waals surface area contributed by atoms with Crippen molar-refractivity contribution in [2.24, 2.45) is 0 Å². The fourth-order valence-electron chi connectivity index (χ4n) is 4.46. The van der Waals surface area contributed by atoms with Crippen molar-refractivity contribution >= 4 is 38.4 Å². The van der Waals surface area contributed by atoms with Crippen molar-refractivity contribution in [3.8, 4) is 0 Å². The normalized spacial score (nSPS) is 13.1. The van der Waals surface area contributed by atoms with Gasteiger partial charge in [0, 0.05) is 0 Å². The lowest BCUT2D eigenvalue weighted by atomic mass is 10.2. The molecular formula is C28H38O4P2. The van der Waals surface area contributed by atoms with Crippen molar-refractivity contribution in [2.45, 2.75) is 65.7 Å². The molecule has 2 rings (SSSR count). The van der Waals surface area contributed by atoms with Gasteiger partial charge in [-0.3, -0.25) is 0 Å². The van der Waals surface area contributed by atoms with Crippen LogP contribution in [0, 0.1) is 13.8 Å². The van der Waals surface area contributed by atoms with Gasteiger partial charge in [-0.15, -0.1) is 0 Å². The van der Waals surface area contributed by atoms with Crippen LogP contribution in [0.5, 0.6) is 0 Å². The van der Waals surface area contributed by atoms with E-state index >= 15 is 0 Å². The first-order chi connectivity index (χ1) is 15.8. The molecule has 0 aromatic heterocycles. The number of benzene rings is 2. The quantitative estimate of drug-likeness (QED) is 0.263. The Morgan fingerprint density at radius 3 is 1.32 bits per heavy atom. The third kappa shape index (κ3) is 6.15. The number of ether oxygens (including phenoxy) is 2. The monoisotopic (exact) mass is 500 g/mol. The average Bonchev–Trinajstić information content (AvgIpc) is 2.74. The maximum atomic E-state index is 13.7. The van der Waals surface area contributed by atoms with Gasteiger partial charge in [0.1, 0.15) is 0 Å². The van der Waals surface area contributed by atoms with Gasteiger partial charge in [-0.05, 0) is 53.8 Å². The van der Waals surface area contributed by atoms with Gasteiger partial charge in [-0.1, -0.05) is 98.0 Å². The van der Waals surface area contributed by atoms with Gasteiger partial charge in [-0.25, -0.2) is 9.59 Å². The highest BCUT2D eigenvalue weighted by molar-refractivity contribution is 7.79. The molecule has 6 heteroatoms. The Labute approximate surface area is 207 Å². The molecule has 0 radical (unpaired) electrons. The number of rotatable bonds is 6. The Bertz CT molecular complexity index is 1010. The van der Waals surface area contributed by atoms with Gasteiger partial charge in [-0.2, -0.15) is 0 Å². The zero-order valence-electron chi connectivity index (χ0n) is 22.1. The molecule has 0 heterocycles. The topological polar surface area (TPSA) is 52.6 Å². The molecule has 0 unspecified atom stereocenters. The molecule has 184 valence electrons. The van der Waals surface area contributed by atoms with Gasteiger partial charge in [0.05, 0.1) is 24.8 Å². The van der Waals surface area contributed by atoms with Crippen LogP contribution in [-0.2, 0) is 19.1 Å². The van der Waals surface area contributed by atoms with Gasteiger partial charge in [0.25, 0.3) is 0 Å². The number of hydrogen-bond acceptors (Lipinski definition) is 4. The van der Waals surface area contributed by atoms with Crippen LogP contribution in [0.2, 0.25) is 0 Å². The van der Waals surface area contributed by atoms with E-state index in [2.05, 4.69) is 53.7 Å². The van der Waals surface area contributed by atoms with Crippen LogP contribution in [0.1, 0.15) is 52.7 Å². The van der Waals surface area contributed by atoms with Gasteiger partial charge in [0.15, 0.2) is 0 Å². The molecule has 4 nitrogen and oxygen atoms in total. The van der Waals surface area contributed by atoms with Crippen molar-refractivity contribution < 1.29 is 19.1 Å². The highest BCUT2D eigenvalue weighted by Crippen LogP contribution is 2.68. The number of carbonyl (C=O) groups excluding carboxylic acids is 2. The second-order valence-electron chi connectivity index (χ2n) is 10.3. The van der Waals surface area contributed by atoms with E-state index in [1.165, 1.54) is 14.2 Å². The van der Waals surface area contributed by atoms with Crippen molar-refractivity contribution in [1.29, 1.82) is 0 Å². The highest BCUT2D eigenvalue weighted by atomic mass is 31.1. The van der Waals surface area contributed by atoms with Crippen molar-refractivity contribution in [2.75, 3.05) is 14.2 Å². The molecule has 0 atom stereocenters. The molecule has 34 heavy (non-hydrogen) atoms. The smallest absolute Gasteiger partial charge is 0.339 e. The molecule has 0 N–H and O–H groups in total. The van der Waals surface area contributed by atoms with Crippen molar-refractivity contribution in [3.05, 3.63) is 70.3 Å². The maximum absolute atomic E-state index is 13.7. The molecule has 0 aliphatic rings. The van der Waals surface area contributed by atoms with E-state index in [9.17, 15) is 9.59 Å². The maximum Gasteiger partial charge on any atom is 0.339 e. The standard InChI is InChI=1S/C28H38O4P2/c1-19-15-11-13-17-21(19)33(22-18-14-12-16-20(22)2)23(25(29)31-9)24(26(30)32-10)34(27(3,4)5)28(6,7)8/h11-18H,1-10H3/b24-23-. The largest absolute Gasteiger partial charge is 0.465 e. The Hall–Kier alpha value is -2.02. The lowest BCUT2D eigenvalue weighted by Crippen LogP contribution is -2.31. The third-order valence-electron chi connectivity index (χ3n) is 5.48. The minimum absolute atomic E-state index is 0.255. The van der Waals surface area contributed by atoms with Crippen molar-refractivity contribution in [1.82, 2.24) is 0 Å². The predicted molar refractivity (Wildman–Crippen MR) is 146 cm³/mol. The zero-order chi connectivity index (χ0) is 25.8. The molecule has 0 saturated heterocycles. The average molecular weight is 501 g/mol. The van der Waals surface area contributed by atoms with Crippen LogP contribution in [0.3, 0.4) is 0 Å². The summed E-state index contributed by atoms with van der Waals surface area (Å²) < 4.78 is 10.8. The summed E-state index contributed by atoms with van der Waals surface area (Å²) in [7, 11) is 0.249. The van der Waals surface area contributed by atoms with E-state index < -0.39 is 27.8 Å². The summed E-state index contributed by atoms with van der Waals surface area (Å²) in [5.74, 6) is -0.926. The number of aryl methyl sites for hydroxylation is 2. The Morgan fingerprint density at radius 1 is 0.647 bits per heavy atom. The van der Waals surface area contributed by atoms with Crippen molar-refractivity contribution in [3.63, 3.8) is 0 Å². The Kier molecular flexibility index (Phi) is 9.25. The fourth-order valence-corrected chi connectivity index (χ4v) is 11.6. The number of carbonyl (C=O) groups is 2. The summed E-state index contributed by atoms with van der Waals surface area (Å²) in [6.07, 6.45) is 0. The second kappa shape index (κ2) is 11.1. The highest BCUT2D eigenvalue weighted by Gasteiger charge is 2.45. The van der Waals surface area contributed by atoms with Gasteiger partial charge >= 0.3 is 11.9 Å². The molecule has 0 amide bonds. The summed E-state index contributed by atoms with van der Waals surface area (Å²) in [6.45, 7) is 16.9. The van der Waals surface area contributed by atoms with E-state index in [-0.39, 0.29) is 10.3 Å². The minimum atomic E-state index is -1.39. The summed E-state index contributed by atoms with van der Waals surface area (Å²) in [4.78, 5) is 27.3. The molecule has 0 aliphatic carbocycles. The van der Waals surface area contributed by atoms with Gasteiger partial charge in [0.2, 0.25) is 0 Å². The van der Waals surface area contributed by atoms with E-state index in [0.29, 0.717) is 10.6 Å². The molecule has 0 fully saturated rings. The van der Waals surface area contributed by atoms with Crippen LogP contribution in [-0.4, -0.2) is 36.5 Å². The molecule has 0 spiro atoms. The summed E-state index contributed by atoms with van der Waals surface area (Å²) in [5, 5.41) is 2.47. The molecule has 0 saturated carbocycles. The summed E-state index contributed by atoms with van der Waals surface area (Å²) in [6, 6.07) is 16.2. The van der Waals surface area contributed by atoms with Gasteiger partial charge < -0.3 is 9.47 Å². The lowest BCUT2D eigenvalue weighted by Gasteiger charge is -2.43. The summed E-state index contributed by atoms with van der Waals surface area (Å²) in [5.41, 5.74) is 2.14. The zero-order valence-corrected chi connectivity index (χ0v) is 23.9. The molecule has 0 bridgehead atoms. The molecular weight excluding hydrogens is 462 g/mol. The van der Waals surface area contributed by atoms with Crippen LogP contribution in [0.25, 0.3) is 0 Å². The second-order valence-corrected chi connectivity index (χ2v) is 16.1. The number of methoxy groups -OCH3 is 2. The molecule has 2 aromatic carbocycles. The predicted octanol–water partition coefficient (Wildman–Crippen LogP) is 6.37. The SMILES string of the molecule is COC(=O)/C(=C(\C(=O)OC)P(C(C)(C)C)C(C)(C)C)P(c1ccccc1C)c1ccccc1C. The van der Waals surface area contributed by atoms with Crippen LogP contribution in [0.4, 0.5) is 0 Å². The Morgan fingerprint density at radius 2 is 1.00 bits per heavy atom. The first kappa shape index (κ1) is 28.2. The third-order valence-corrected chi connectivity index (χ3v) is 12.0. The van der Waals surface area contributed by atoms with E-state index in [1.807, 2.05) is 50.2 Å². The molecule has 2 aromatic rings. The lowest BCUT2D eigenvalue weighted by molar-refractivity contribution is -0.138. The van der Waals surface area contributed by atoms with Crippen LogP contribution >= 0.6 is 15.8 Å². The Balaban J connectivity index is 3.17. The van der Waals surface area contributed by atoms with Crippen LogP contribution in [0.15, 0.2) is 59.2 Å². The minimum Gasteiger partial charge on any atom is -0.465 e. The number of hydrogen-bond donors (Lipinski definition) is 0. The number of esters is 2. The first-order valence-corrected chi connectivity index (χ1v) is 14.1. The molecule has 0 aliphatic heterocycles. The first-order valence-electron chi connectivity index (χ1n) is 11.4. The summed E-state index contributed by atoms with van der Waals surface area (Å²) >= 11 is 0.